The maximum absolute atomic E-state index is 14.6. The summed E-state index contributed by atoms with van der Waals surface area (Å²) in [5.41, 5.74) is 1.03. The minimum Gasteiger partial charge on any atom is -0.399 e. The number of aromatic nitrogens is 1. The first-order valence-electron chi connectivity index (χ1n) is 8.53. The average molecular weight is 370 g/mol. The maximum Gasteiger partial charge on any atom is 0.494 e. The fourth-order valence-corrected chi connectivity index (χ4v) is 3.68. The Morgan fingerprint density at radius 2 is 1.73 bits per heavy atom. The van der Waals surface area contributed by atoms with Crippen LogP contribution in [0, 0.1) is 5.82 Å². The smallest absolute Gasteiger partial charge is 0.399 e. The molecule has 26 heavy (non-hydrogen) atoms. The second-order valence-corrected chi connectivity index (χ2v) is 8.47. The molecule has 1 aliphatic heterocycles. The molecule has 1 fully saturated rings. The zero-order valence-corrected chi connectivity index (χ0v) is 16.0. The molecule has 4 nitrogen and oxygen atoms in total. The molecular weight excluding hydrogens is 350 g/mol. The lowest BCUT2D eigenvalue weighted by molar-refractivity contribution is 0.00578. The molecule has 0 spiro atoms. The molecule has 0 radical (unpaired) electrons. The molecule has 2 heterocycles. The van der Waals surface area contributed by atoms with Gasteiger partial charge in [-0.2, -0.15) is 0 Å². The van der Waals surface area contributed by atoms with Crippen LogP contribution in [0.1, 0.15) is 27.7 Å². The van der Waals surface area contributed by atoms with E-state index in [0.717, 1.165) is 10.2 Å². The van der Waals surface area contributed by atoms with Crippen molar-refractivity contribution in [1.29, 1.82) is 0 Å². The van der Waals surface area contributed by atoms with Crippen LogP contribution in [0.25, 0.3) is 10.2 Å². The lowest BCUT2D eigenvalue weighted by Crippen LogP contribution is -2.41. The van der Waals surface area contributed by atoms with Gasteiger partial charge in [0.25, 0.3) is 0 Å². The van der Waals surface area contributed by atoms with Gasteiger partial charge in [0.2, 0.25) is 0 Å². The number of halogens is 1. The molecule has 1 aromatic heterocycles. The molecule has 0 aliphatic carbocycles. The van der Waals surface area contributed by atoms with Gasteiger partial charge < -0.3 is 14.6 Å². The largest absolute Gasteiger partial charge is 0.494 e. The summed E-state index contributed by atoms with van der Waals surface area (Å²) in [5, 5.41) is 3.72. The van der Waals surface area contributed by atoms with Crippen molar-refractivity contribution in [2.24, 2.45) is 0 Å². The van der Waals surface area contributed by atoms with E-state index >= 15 is 0 Å². The number of nitrogens with one attached hydrogen (secondary N) is 1. The summed E-state index contributed by atoms with van der Waals surface area (Å²) in [6, 6.07) is 12.8. The predicted octanol–water partition coefficient (Wildman–Crippen LogP) is 4.48. The number of thiazole rings is 1. The van der Waals surface area contributed by atoms with Crippen LogP contribution < -0.4 is 10.8 Å². The Morgan fingerprint density at radius 1 is 1.04 bits per heavy atom. The minimum atomic E-state index is -0.578. The highest BCUT2D eigenvalue weighted by Crippen LogP contribution is 2.36. The normalized spacial score (nSPS) is 18.4. The van der Waals surface area contributed by atoms with Gasteiger partial charge in [0.15, 0.2) is 5.13 Å². The van der Waals surface area contributed by atoms with Crippen LogP contribution in [0.4, 0.5) is 15.2 Å². The third kappa shape index (κ3) is 3.00. The number of anilines is 2. The first-order chi connectivity index (χ1) is 12.2. The summed E-state index contributed by atoms with van der Waals surface area (Å²) < 4.78 is 27.7. The molecular formula is C19H20BFN2O2S. The zero-order valence-electron chi connectivity index (χ0n) is 15.2. The van der Waals surface area contributed by atoms with Gasteiger partial charge in [0, 0.05) is 0 Å². The Balaban J connectivity index is 1.57. The van der Waals surface area contributed by atoms with E-state index in [0.29, 0.717) is 16.3 Å². The van der Waals surface area contributed by atoms with Crippen LogP contribution in [0.3, 0.4) is 0 Å². The summed E-state index contributed by atoms with van der Waals surface area (Å²) in [6.45, 7) is 7.91. The van der Waals surface area contributed by atoms with Crippen LogP contribution in [0.5, 0.6) is 0 Å². The number of hydrogen-bond donors (Lipinski definition) is 1. The van der Waals surface area contributed by atoms with Gasteiger partial charge in [-0.25, -0.2) is 9.37 Å². The Kier molecular flexibility index (Phi) is 4.06. The van der Waals surface area contributed by atoms with E-state index in [4.69, 9.17) is 9.31 Å². The van der Waals surface area contributed by atoms with Crippen LogP contribution >= 0.6 is 11.3 Å². The Bertz CT molecular complexity index is 924. The maximum atomic E-state index is 14.6. The SMILES string of the molecule is CC1(C)OB(c2ccc(Nc3nc4ccccc4s3)c(F)c2)OC1(C)C. The molecule has 1 N–H and O–H groups in total. The van der Waals surface area contributed by atoms with E-state index in [1.807, 2.05) is 58.0 Å². The monoisotopic (exact) mass is 370 g/mol. The molecule has 3 aromatic rings. The Morgan fingerprint density at radius 3 is 2.38 bits per heavy atom. The van der Waals surface area contributed by atoms with Gasteiger partial charge in [0.1, 0.15) is 5.82 Å². The van der Waals surface area contributed by atoms with Crippen molar-refractivity contribution in [3.63, 3.8) is 0 Å². The zero-order chi connectivity index (χ0) is 18.5. The summed E-state index contributed by atoms with van der Waals surface area (Å²) in [6.07, 6.45) is 0. The number of benzene rings is 2. The fourth-order valence-electron chi connectivity index (χ4n) is 2.80. The summed E-state index contributed by atoms with van der Waals surface area (Å²) in [7, 11) is -0.578. The molecule has 7 heteroatoms. The lowest BCUT2D eigenvalue weighted by Gasteiger charge is -2.32. The number of rotatable bonds is 3. The van der Waals surface area contributed by atoms with Crippen LogP contribution in [0.2, 0.25) is 0 Å². The van der Waals surface area contributed by atoms with Crippen molar-refractivity contribution in [2.75, 3.05) is 5.32 Å². The molecule has 0 bridgehead atoms. The van der Waals surface area contributed by atoms with Crippen molar-refractivity contribution in [3.05, 3.63) is 48.3 Å². The van der Waals surface area contributed by atoms with E-state index in [-0.39, 0.29) is 5.82 Å². The quantitative estimate of drug-likeness (QED) is 0.691. The van der Waals surface area contributed by atoms with Gasteiger partial charge in [-0.05, 0) is 57.4 Å². The number of hydrogen-bond acceptors (Lipinski definition) is 5. The van der Waals surface area contributed by atoms with Gasteiger partial charge in [-0.1, -0.05) is 29.5 Å². The van der Waals surface area contributed by atoms with Gasteiger partial charge in [-0.15, -0.1) is 0 Å². The Labute approximate surface area is 156 Å². The van der Waals surface area contributed by atoms with E-state index in [1.54, 1.807) is 6.07 Å². The molecule has 1 saturated heterocycles. The molecule has 0 saturated carbocycles. The first kappa shape index (κ1) is 17.5. The molecule has 1 aliphatic rings. The van der Waals surface area contributed by atoms with E-state index in [2.05, 4.69) is 10.3 Å². The van der Waals surface area contributed by atoms with Crippen LogP contribution in [-0.2, 0) is 9.31 Å². The second kappa shape index (κ2) is 6.04. The third-order valence-corrected chi connectivity index (χ3v) is 6.01. The summed E-state index contributed by atoms with van der Waals surface area (Å²) in [5.74, 6) is -0.364. The first-order valence-corrected chi connectivity index (χ1v) is 9.34. The van der Waals surface area contributed by atoms with Crippen LogP contribution in [-0.4, -0.2) is 23.3 Å². The molecule has 134 valence electrons. The van der Waals surface area contributed by atoms with E-state index in [1.165, 1.54) is 17.4 Å². The molecule has 0 unspecified atom stereocenters. The van der Waals surface area contributed by atoms with E-state index in [9.17, 15) is 4.39 Å². The van der Waals surface area contributed by atoms with Gasteiger partial charge >= 0.3 is 7.12 Å². The molecule has 0 atom stereocenters. The summed E-state index contributed by atoms with van der Waals surface area (Å²) in [4.78, 5) is 4.48. The van der Waals surface area contributed by atoms with Crippen LogP contribution in [0.15, 0.2) is 42.5 Å². The van der Waals surface area contributed by atoms with E-state index < -0.39 is 18.3 Å². The fraction of sp³-hybridized carbons (Fsp3) is 0.316. The standard InChI is InChI=1S/C19H20BFN2O2S/c1-18(2)19(3,4)25-20(24-18)12-9-10-14(13(21)11-12)22-17-23-15-7-5-6-8-16(15)26-17/h5-11H,1-4H3,(H,22,23). The van der Waals surface area contributed by atoms with Crippen molar-refractivity contribution >= 4 is 45.0 Å². The van der Waals surface area contributed by atoms with Gasteiger partial charge in [-0.3, -0.25) is 0 Å². The van der Waals surface area contributed by atoms with Crippen molar-refractivity contribution in [1.82, 2.24) is 4.98 Å². The molecule has 0 amide bonds. The number of fused-ring (bicyclic) bond motifs is 1. The highest BCUT2D eigenvalue weighted by atomic mass is 32.1. The topological polar surface area (TPSA) is 43.4 Å². The summed E-state index contributed by atoms with van der Waals surface area (Å²) >= 11 is 1.49. The minimum absolute atomic E-state index is 0.364. The second-order valence-electron chi connectivity index (χ2n) is 7.44. The highest BCUT2D eigenvalue weighted by molar-refractivity contribution is 7.22. The molecule has 4 rings (SSSR count). The predicted molar refractivity (Wildman–Crippen MR) is 105 cm³/mol. The number of nitrogens with zero attached hydrogens (tertiary/aromatic N) is 1. The number of para-hydroxylation sites is 1. The third-order valence-electron chi connectivity index (χ3n) is 5.05. The van der Waals surface area contributed by atoms with Crippen molar-refractivity contribution < 1.29 is 13.7 Å². The molecule has 2 aromatic carbocycles. The lowest BCUT2D eigenvalue weighted by atomic mass is 9.79. The highest BCUT2D eigenvalue weighted by Gasteiger charge is 2.51. The van der Waals surface area contributed by atoms with Crippen molar-refractivity contribution in [2.45, 2.75) is 38.9 Å². The van der Waals surface area contributed by atoms with Gasteiger partial charge in [0.05, 0.1) is 27.1 Å². The van der Waals surface area contributed by atoms with Crippen molar-refractivity contribution in [3.8, 4) is 0 Å². The Hall–Kier alpha value is -1.96. The average Bonchev–Trinajstić information content (AvgIpc) is 3.06.